The van der Waals surface area contributed by atoms with Crippen molar-refractivity contribution in [3.8, 4) is 11.5 Å². The van der Waals surface area contributed by atoms with Crippen molar-refractivity contribution in [1.29, 1.82) is 0 Å². The fourth-order valence-corrected chi connectivity index (χ4v) is 4.99. The highest BCUT2D eigenvalue weighted by molar-refractivity contribution is 7.89. The van der Waals surface area contributed by atoms with Gasteiger partial charge in [0.15, 0.2) is 5.76 Å². The maximum absolute atomic E-state index is 12.8. The van der Waals surface area contributed by atoms with Gasteiger partial charge in [-0.05, 0) is 24.3 Å². The number of piperazine rings is 1. The molecule has 1 fully saturated rings. The van der Waals surface area contributed by atoms with Gasteiger partial charge in [-0.15, -0.1) is 0 Å². The quantitative estimate of drug-likeness (QED) is 0.646. The zero-order chi connectivity index (χ0) is 18.9. The molecule has 1 aliphatic rings. The van der Waals surface area contributed by atoms with Crippen molar-refractivity contribution in [3.05, 3.63) is 59.4 Å². The van der Waals surface area contributed by atoms with E-state index in [0.29, 0.717) is 44.2 Å². The first kappa shape index (κ1) is 18.2. The number of sulfonamides is 1. The number of hydrogen-bond acceptors (Lipinski definition) is 6. The van der Waals surface area contributed by atoms with E-state index in [-0.39, 0.29) is 9.92 Å². The Kier molecular flexibility index (Phi) is 5.05. The smallest absolute Gasteiger partial charge is 0.244 e. The van der Waals surface area contributed by atoms with E-state index >= 15 is 0 Å². The lowest BCUT2D eigenvalue weighted by Crippen LogP contribution is -2.48. The minimum Gasteiger partial charge on any atom is -0.461 e. The van der Waals surface area contributed by atoms with Gasteiger partial charge in [-0.2, -0.15) is 4.31 Å². The van der Waals surface area contributed by atoms with E-state index < -0.39 is 10.0 Å². The van der Waals surface area contributed by atoms with E-state index in [4.69, 9.17) is 20.5 Å². The number of halogens is 1. The predicted molar refractivity (Wildman–Crippen MR) is 99.7 cm³/mol. The summed E-state index contributed by atoms with van der Waals surface area (Å²) in [6, 6.07) is 12.0. The molecular formula is C18H18ClN3O4S. The number of hydrogen-bond donors (Lipinski definition) is 0. The van der Waals surface area contributed by atoms with Crippen LogP contribution in [0.2, 0.25) is 5.02 Å². The summed E-state index contributed by atoms with van der Waals surface area (Å²) in [6.45, 7) is 2.59. The lowest BCUT2D eigenvalue weighted by molar-refractivity contribution is 0.178. The van der Waals surface area contributed by atoms with Gasteiger partial charge in [0.2, 0.25) is 15.8 Å². The predicted octanol–water partition coefficient (Wildman–Crippen LogP) is 3.09. The molecule has 9 heteroatoms. The summed E-state index contributed by atoms with van der Waals surface area (Å²) < 4.78 is 37.7. The Morgan fingerprint density at radius 1 is 1.04 bits per heavy atom. The molecule has 1 aromatic carbocycles. The molecule has 7 nitrogen and oxygen atoms in total. The Morgan fingerprint density at radius 3 is 2.52 bits per heavy atom. The average Bonchev–Trinajstić information content (AvgIpc) is 3.34. The molecule has 0 bridgehead atoms. The van der Waals surface area contributed by atoms with Crippen molar-refractivity contribution in [2.45, 2.75) is 11.4 Å². The molecular weight excluding hydrogens is 390 g/mol. The van der Waals surface area contributed by atoms with Crippen LogP contribution in [0.15, 0.2) is 62.6 Å². The first-order valence-electron chi connectivity index (χ1n) is 8.50. The van der Waals surface area contributed by atoms with Crippen LogP contribution in [-0.2, 0) is 16.6 Å². The maximum Gasteiger partial charge on any atom is 0.244 e. The van der Waals surface area contributed by atoms with Gasteiger partial charge < -0.3 is 8.94 Å². The first-order valence-corrected chi connectivity index (χ1v) is 10.3. The molecule has 0 unspecified atom stereocenters. The monoisotopic (exact) mass is 407 g/mol. The van der Waals surface area contributed by atoms with Gasteiger partial charge in [0, 0.05) is 38.8 Å². The molecule has 0 atom stereocenters. The molecule has 0 spiro atoms. The van der Waals surface area contributed by atoms with E-state index in [9.17, 15) is 8.42 Å². The number of furan rings is 1. The molecule has 1 aliphatic heterocycles. The van der Waals surface area contributed by atoms with Crippen LogP contribution in [0.5, 0.6) is 0 Å². The summed E-state index contributed by atoms with van der Waals surface area (Å²) in [6.07, 6.45) is 1.58. The van der Waals surface area contributed by atoms with E-state index in [2.05, 4.69) is 10.1 Å². The SMILES string of the molecule is O=S(=O)(c1ccccc1Cl)N1CCN(Cc2cc(-c3ccco3)on2)CC1. The topological polar surface area (TPSA) is 79.8 Å². The number of rotatable bonds is 5. The Balaban J connectivity index is 1.39. The molecule has 2 aromatic heterocycles. The second kappa shape index (κ2) is 7.47. The van der Waals surface area contributed by atoms with Crippen molar-refractivity contribution in [3.63, 3.8) is 0 Å². The summed E-state index contributed by atoms with van der Waals surface area (Å²) in [7, 11) is -3.59. The van der Waals surface area contributed by atoms with Crippen LogP contribution in [0.3, 0.4) is 0 Å². The minimum absolute atomic E-state index is 0.153. The Labute approximate surface area is 162 Å². The third-order valence-corrected chi connectivity index (χ3v) is 6.89. The van der Waals surface area contributed by atoms with Crippen molar-refractivity contribution in [2.24, 2.45) is 0 Å². The Hall–Kier alpha value is -2.13. The number of benzene rings is 1. The van der Waals surface area contributed by atoms with Crippen LogP contribution in [0.25, 0.3) is 11.5 Å². The highest BCUT2D eigenvalue weighted by atomic mass is 35.5. The summed E-state index contributed by atoms with van der Waals surface area (Å²) in [5.74, 6) is 1.21. The summed E-state index contributed by atoms with van der Waals surface area (Å²) in [4.78, 5) is 2.29. The Morgan fingerprint density at radius 2 is 1.81 bits per heavy atom. The van der Waals surface area contributed by atoms with Gasteiger partial charge in [-0.3, -0.25) is 4.90 Å². The van der Waals surface area contributed by atoms with Crippen molar-refractivity contribution in [2.75, 3.05) is 26.2 Å². The molecule has 0 radical (unpaired) electrons. The molecule has 3 heterocycles. The van der Waals surface area contributed by atoms with Crippen LogP contribution < -0.4 is 0 Å². The summed E-state index contributed by atoms with van der Waals surface area (Å²) in [5.41, 5.74) is 0.781. The van der Waals surface area contributed by atoms with Crippen LogP contribution in [0.4, 0.5) is 0 Å². The normalized spacial score (nSPS) is 16.6. The lowest BCUT2D eigenvalue weighted by atomic mass is 10.3. The van der Waals surface area contributed by atoms with Crippen molar-refractivity contribution in [1.82, 2.24) is 14.4 Å². The molecule has 3 aromatic rings. The maximum atomic E-state index is 12.8. The van der Waals surface area contributed by atoms with Gasteiger partial charge in [-0.1, -0.05) is 28.9 Å². The minimum atomic E-state index is -3.59. The molecule has 4 rings (SSSR count). The third-order valence-electron chi connectivity index (χ3n) is 4.49. The molecule has 27 heavy (non-hydrogen) atoms. The van der Waals surface area contributed by atoms with Gasteiger partial charge in [-0.25, -0.2) is 8.42 Å². The second-order valence-electron chi connectivity index (χ2n) is 6.27. The zero-order valence-corrected chi connectivity index (χ0v) is 16.0. The van der Waals surface area contributed by atoms with Gasteiger partial charge in [0.05, 0.1) is 17.0 Å². The van der Waals surface area contributed by atoms with Crippen LogP contribution >= 0.6 is 11.6 Å². The van der Waals surface area contributed by atoms with Gasteiger partial charge in [0.1, 0.15) is 4.90 Å². The van der Waals surface area contributed by atoms with Crippen LogP contribution in [0.1, 0.15) is 5.69 Å². The van der Waals surface area contributed by atoms with Crippen molar-refractivity contribution < 1.29 is 17.4 Å². The number of nitrogens with zero attached hydrogens (tertiary/aromatic N) is 3. The van der Waals surface area contributed by atoms with Crippen LogP contribution in [-0.4, -0.2) is 49.0 Å². The standard InChI is InChI=1S/C18H18ClN3O4S/c19-15-4-1-2-6-18(15)27(23,24)22-9-7-21(8-10-22)13-14-12-17(26-20-14)16-5-3-11-25-16/h1-6,11-12H,7-10,13H2. The molecule has 0 N–H and O–H groups in total. The molecule has 0 aliphatic carbocycles. The van der Waals surface area contributed by atoms with Gasteiger partial charge >= 0.3 is 0 Å². The van der Waals surface area contributed by atoms with E-state index in [1.807, 2.05) is 12.1 Å². The lowest BCUT2D eigenvalue weighted by Gasteiger charge is -2.33. The van der Waals surface area contributed by atoms with Crippen LogP contribution in [0, 0.1) is 0 Å². The first-order chi connectivity index (χ1) is 13.0. The Bertz CT molecular complexity index is 1010. The molecule has 1 saturated heterocycles. The highest BCUT2D eigenvalue weighted by Gasteiger charge is 2.30. The largest absolute Gasteiger partial charge is 0.461 e. The fraction of sp³-hybridized carbons (Fsp3) is 0.278. The third kappa shape index (κ3) is 3.79. The van der Waals surface area contributed by atoms with Crippen molar-refractivity contribution >= 4 is 21.6 Å². The van der Waals surface area contributed by atoms with E-state index in [0.717, 1.165) is 5.69 Å². The highest BCUT2D eigenvalue weighted by Crippen LogP contribution is 2.26. The van der Waals surface area contributed by atoms with E-state index in [1.165, 1.54) is 10.4 Å². The molecule has 0 saturated carbocycles. The number of aromatic nitrogens is 1. The average molecular weight is 408 g/mol. The summed E-state index contributed by atoms with van der Waals surface area (Å²) in [5, 5.41) is 4.31. The van der Waals surface area contributed by atoms with E-state index in [1.54, 1.807) is 30.5 Å². The van der Waals surface area contributed by atoms with Gasteiger partial charge in [0.25, 0.3) is 0 Å². The molecule has 142 valence electrons. The second-order valence-corrected chi connectivity index (χ2v) is 8.58. The zero-order valence-electron chi connectivity index (χ0n) is 14.4. The summed E-state index contributed by atoms with van der Waals surface area (Å²) >= 11 is 6.07. The molecule has 0 amide bonds. The fourth-order valence-electron chi connectivity index (χ4n) is 3.07.